The van der Waals surface area contributed by atoms with Gasteiger partial charge in [-0.25, -0.2) is 0 Å². The summed E-state index contributed by atoms with van der Waals surface area (Å²) in [4.78, 5) is 26.6. The Kier molecular flexibility index (Phi) is 6.27. The van der Waals surface area contributed by atoms with Gasteiger partial charge in [0.1, 0.15) is 11.8 Å². The molecule has 0 spiro atoms. The summed E-state index contributed by atoms with van der Waals surface area (Å²) in [6, 6.07) is 22.6. The SMILES string of the molecule is CNC(=O)[C@H](C)N(Cc1ccccc1)C(=O)COc1cccc2ccccc12. The average Bonchev–Trinajstić information content (AvgIpc) is 2.75. The Labute approximate surface area is 164 Å². The van der Waals surface area contributed by atoms with Crippen molar-refractivity contribution in [2.45, 2.75) is 19.5 Å². The predicted molar refractivity (Wildman–Crippen MR) is 110 cm³/mol. The highest BCUT2D eigenvalue weighted by Gasteiger charge is 2.25. The highest BCUT2D eigenvalue weighted by atomic mass is 16.5. The van der Waals surface area contributed by atoms with Gasteiger partial charge in [0.25, 0.3) is 5.91 Å². The van der Waals surface area contributed by atoms with E-state index >= 15 is 0 Å². The Morgan fingerprint density at radius 2 is 1.64 bits per heavy atom. The molecule has 0 bridgehead atoms. The number of amides is 2. The minimum absolute atomic E-state index is 0.137. The van der Waals surface area contributed by atoms with E-state index in [1.807, 2.05) is 72.8 Å². The molecule has 0 saturated heterocycles. The highest BCUT2D eigenvalue weighted by Crippen LogP contribution is 2.25. The fourth-order valence-electron chi connectivity index (χ4n) is 3.12. The number of hydrogen-bond acceptors (Lipinski definition) is 3. The number of fused-ring (bicyclic) bond motifs is 1. The summed E-state index contributed by atoms with van der Waals surface area (Å²) in [5.74, 6) is 0.195. The van der Waals surface area contributed by atoms with Crippen LogP contribution in [-0.4, -0.2) is 36.4 Å². The third kappa shape index (κ3) is 4.49. The van der Waals surface area contributed by atoms with Crippen LogP contribution in [0, 0.1) is 0 Å². The third-order valence-electron chi connectivity index (χ3n) is 4.71. The second kappa shape index (κ2) is 9.04. The van der Waals surface area contributed by atoms with Crippen molar-refractivity contribution in [3.05, 3.63) is 78.4 Å². The van der Waals surface area contributed by atoms with E-state index in [9.17, 15) is 9.59 Å². The fourth-order valence-corrected chi connectivity index (χ4v) is 3.12. The molecule has 2 amide bonds. The van der Waals surface area contributed by atoms with Crippen LogP contribution < -0.4 is 10.1 Å². The zero-order valence-electron chi connectivity index (χ0n) is 16.1. The number of carbonyl (C=O) groups excluding carboxylic acids is 2. The first kappa shape index (κ1) is 19.4. The van der Waals surface area contributed by atoms with Gasteiger partial charge in [0.15, 0.2) is 6.61 Å². The molecule has 0 aliphatic heterocycles. The van der Waals surface area contributed by atoms with E-state index in [4.69, 9.17) is 4.74 Å². The Bertz CT molecular complexity index is 951. The Hall–Kier alpha value is -3.34. The summed E-state index contributed by atoms with van der Waals surface area (Å²) in [6.45, 7) is 1.92. The van der Waals surface area contributed by atoms with Gasteiger partial charge >= 0.3 is 0 Å². The van der Waals surface area contributed by atoms with Crippen molar-refractivity contribution in [3.63, 3.8) is 0 Å². The lowest BCUT2D eigenvalue weighted by atomic mass is 10.1. The summed E-state index contributed by atoms with van der Waals surface area (Å²) in [5, 5.41) is 4.61. The van der Waals surface area contributed by atoms with Crippen molar-refractivity contribution < 1.29 is 14.3 Å². The van der Waals surface area contributed by atoms with Crippen molar-refractivity contribution >= 4 is 22.6 Å². The van der Waals surface area contributed by atoms with Gasteiger partial charge in [-0.1, -0.05) is 66.7 Å². The van der Waals surface area contributed by atoms with Gasteiger partial charge < -0.3 is 15.0 Å². The smallest absolute Gasteiger partial charge is 0.261 e. The lowest BCUT2D eigenvalue weighted by molar-refractivity contribution is -0.142. The molecule has 5 heteroatoms. The molecule has 0 unspecified atom stereocenters. The van der Waals surface area contributed by atoms with Crippen molar-refractivity contribution in [2.75, 3.05) is 13.7 Å². The molecule has 0 aromatic heterocycles. The Balaban J connectivity index is 1.77. The van der Waals surface area contributed by atoms with Crippen molar-refractivity contribution in [1.29, 1.82) is 0 Å². The van der Waals surface area contributed by atoms with Crippen molar-refractivity contribution in [1.82, 2.24) is 10.2 Å². The largest absolute Gasteiger partial charge is 0.483 e. The minimum atomic E-state index is -0.603. The number of rotatable bonds is 7. The van der Waals surface area contributed by atoms with E-state index in [2.05, 4.69) is 5.32 Å². The summed E-state index contributed by atoms with van der Waals surface area (Å²) >= 11 is 0. The summed E-state index contributed by atoms with van der Waals surface area (Å²) in [5.41, 5.74) is 0.955. The van der Waals surface area contributed by atoms with E-state index in [1.165, 1.54) is 0 Å². The highest BCUT2D eigenvalue weighted by molar-refractivity contribution is 5.90. The van der Waals surface area contributed by atoms with Gasteiger partial charge in [0.05, 0.1) is 0 Å². The van der Waals surface area contributed by atoms with Gasteiger partial charge in [0, 0.05) is 19.0 Å². The fraction of sp³-hybridized carbons (Fsp3) is 0.217. The second-order valence-electron chi connectivity index (χ2n) is 6.56. The zero-order chi connectivity index (χ0) is 19.9. The number of nitrogens with zero attached hydrogens (tertiary/aromatic N) is 1. The van der Waals surface area contributed by atoms with E-state index in [1.54, 1.807) is 18.9 Å². The molecule has 144 valence electrons. The molecule has 28 heavy (non-hydrogen) atoms. The first-order valence-corrected chi connectivity index (χ1v) is 9.25. The first-order valence-electron chi connectivity index (χ1n) is 9.25. The number of benzene rings is 3. The van der Waals surface area contributed by atoms with Gasteiger partial charge in [0.2, 0.25) is 5.91 Å². The summed E-state index contributed by atoms with van der Waals surface area (Å²) in [6.07, 6.45) is 0. The van der Waals surface area contributed by atoms with Gasteiger partial charge in [-0.3, -0.25) is 9.59 Å². The maximum Gasteiger partial charge on any atom is 0.261 e. The molecule has 5 nitrogen and oxygen atoms in total. The predicted octanol–water partition coefficient (Wildman–Crippen LogP) is 3.38. The van der Waals surface area contributed by atoms with Crippen LogP contribution >= 0.6 is 0 Å². The third-order valence-corrected chi connectivity index (χ3v) is 4.71. The maximum atomic E-state index is 12.9. The first-order chi connectivity index (χ1) is 13.6. The van der Waals surface area contributed by atoms with Crippen LogP contribution in [0.25, 0.3) is 10.8 Å². The normalized spacial score (nSPS) is 11.6. The van der Waals surface area contributed by atoms with Gasteiger partial charge in [-0.15, -0.1) is 0 Å². The van der Waals surface area contributed by atoms with Crippen molar-refractivity contribution in [2.24, 2.45) is 0 Å². The molecule has 0 aliphatic rings. The Morgan fingerprint density at radius 1 is 0.964 bits per heavy atom. The minimum Gasteiger partial charge on any atom is -0.483 e. The molecule has 3 aromatic rings. The number of carbonyl (C=O) groups is 2. The van der Waals surface area contributed by atoms with E-state index in [0.29, 0.717) is 12.3 Å². The quantitative estimate of drug-likeness (QED) is 0.688. The summed E-state index contributed by atoms with van der Waals surface area (Å²) in [7, 11) is 1.57. The molecule has 0 radical (unpaired) electrons. The standard InChI is InChI=1S/C23H24N2O3/c1-17(23(27)24-2)25(15-18-9-4-3-5-10-18)22(26)16-28-21-14-8-12-19-11-6-7-13-20(19)21/h3-14,17H,15-16H2,1-2H3,(H,24,27)/t17-/m0/s1. The van der Waals surface area contributed by atoms with Crippen LogP contribution in [0.1, 0.15) is 12.5 Å². The topological polar surface area (TPSA) is 58.6 Å². The molecule has 0 heterocycles. The van der Waals surface area contributed by atoms with Crippen LogP contribution in [0.3, 0.4) is 0 Å². The molecule has 3 aromatic carbocycles. The molecule has 0 aliphatic carbocycles. The van der Waals surface area contributed by atoms with Crippen LogP contribution in [-0.2, 0) is 16.1 Å². The second-order valence-corrected chi connectivity index (χ2v) is 6.56. The molecule has 1 N–H and O–H groups in total. The molecule has 0 fully saturated rings. The number of hydrogen-bond donors (Lipinski definition) is 1. The van der Waals surface area contributed by atoms with Gasteiger partial charge in [-0.2, -0.15) is 0 Å². The average molecular weight is 376 g/mol. The molecular weight excluding hydrogens is 352 g/mol. The van der Waals surface area contributed by atoms with Crippen LogP contribution in [0.4, 0.5) is 0 Å². The number of ether oxygens (including phenoxy) is 1. The number of likely N-dealkylation sites (N-methyl/N-ethyl adjacent to an activating group) is 1. The molecule has 0 saturated carbocycles. The number of nitrogens with one attached hydrogen (secondary N) is 1. The van der Waals surface area contributed by atoms with Crippen LogP contribution in [0.15, 0.2) is 72.8 Å². The zero-order valence-corrected chi connectivity index (χ0v) is 16.1. The Morgan fingerprint density at radius 3 is 2.39 bits per heavy atom. The molecular formula is C23H24N2O3. The van der Waals surface area contributed by atoms with Crippen molar-refractivity contribution in [3.8, 4) is 5.75 Å². The maximum absolute atomic E-state index is 12.9. The van der Waals surface area contributed by atoms with Gasteiger partial charge in [-0.05, 0) is 23.9 Å². The van der Waals surface area contributed by atoms with E-state index in [0.717, 1.165) is 16.3 Å². The lowest BCUT2D eigenvalue weighted by Crippen LogP contribution is -2.48. The monoisotopic (exact) mass is 376 g/mol. The molecule has 1 atom stereocenters. The van der Waals surface area contributed by atoms with Crippen LogP contribution in [0.2, 0.25) is 0 Å². The molecule has 3 rings (SSSR count). The van der Waals surface area contributed by atoms with E-state index < -0.39 is 6.04 Å². The lowest BCUT2D eigenvalue weighted by Gasteiger charge is -2.28. The summed E-state index contributed by atoms with van der Waals surface area (Å²) < 4.78 is 5.84. The van der Waals surface area contributed by atoms with Crippen LogP contribution in [0.5, 0.6) is 5.75 Å². The van der Waals surface area contributed by atoms with E-state index in [-0.39, 0.29) is 18.4 Å².